The van der Waals surface area contributed by atoms with Gasteiger partial charge in [-0.15, -0.1) is 0 Å². The van der Waals surface area contributed by atoms with E-state index < -0.39 is 11.6 Å². The molecule has 0 saturated carbocycles. The Morgan fingerprint density at radius 1 is 1.23 bits per heavy atom. The van der Waals surface area contributed by atoms with Gasteiger partial charge in [0.25, 0.3) is 0 Å². The van der Waals surface area contributed by atoms with Crippen LogP contribution in [0.3, 0.4) is 0 Å². The number of allylic oxidation sites excluding steroid dienone is 1. The van der Waals surface area contributed by atoms with Crippen molar-refractivity contribution < 1.29 is 8.78 Å². The van der Waals surface area contributed by atoms with Crippen molar-refractivity contribution in [3.8, 4) is 0 Å². The van der Waals surface area contributed by atoms with Crippen LogP contribution in [0.4, 0.5) is 8.78 Å². The second kappa shape index (κ2) is 4.75. The molecule has 0 saturated heterocycles. The van der Waals surface area contributed by atoms with Crippen LogP contribution in [0.25, 0.3) is 6.08 Å². The van der Waals surface area contributed by atoms with Crippen LogP contribution in [0.15, 0.2) is 24.3 Å². The average Bonchev–Trinajstić information content (AvgIpc) is 2.10. The molecule has 0 aromatic heterocycles. The lowest BCUT2D eigenvalue weighted by atomic mass is 10.1. The summed E-state index contributed by atoms with van der Waals surface area (Å²) in [7, 11) is 0. The number of hydrogen-bond donors (Lipinski definition) is 0. The van der Waals surface area contributed by atoms with Crippen molar-refractivity contribution >= 4 is 6.08 Å². The van der Waals surface area contributed by atoms with E-state index in [1.807, 2.05) is 6.92 Å². The van der Waals surface area contributed by atoms with Gasteiger partial charge in [-0.2, -0.15) is 0 Å². The summed E-state index contributed by atoms with van der Waals surface area (Å²) in [6.07, 6.45) is 5.09. The predicted octanol–water partition coefficient (Wildman–Crippen LogP) is 3.78. The zero-order chi connectivity index (χ0) is 9.68. The fourth-order valence-corrected chi connectivity index (χ4v) is 1.04. The number of rotatable bonds is 3. The van der Waals surface area contributed by atoms with Crippen molar-refractivity contribution in [2.24, 2.45) is 0 Å². The molecule has 0 unspecified atom stereocenters. The fraction of sp³-hybridized carbons (Fsp3) is 0.273. The molecule has 0 heterocycles. The van der Waals surface area contributed by atoms with Gasteiger partial charge in [0.1, 0.15) is 11.6 Å². The Hall–Kier alpha value is -1.18. The molecule has 13 heavy (non-hydrogen) atoms. The van der Waals surface area contributed by atoms with E-state index in [0.717, 1.165) is 12.8 Å². The van der Waals surface area contributed by atoms with Crippen LogP contribution in [-0.2, 0) is 0 Å². The molecule has 1 rings (SSSR count). The molecule has 0 aliphatic rings. The monoisotopic (exact) mass is 182 g/mol. The number of benzene rings is 1. The van der Waals surface area contributed by atoms with Crippen LogP contribution < -0.4 is 0 Å². The van der Waals surface area contributed by atoms with Crippen molar-refractivity contribution in [2.75, 3.05) is 0 Å². The molecule has 0 nitrogen and oxygen atoms in total. The Kier molecular flexibility index (Phi) is 3.62. The fourth-order valence-electron chi connectivity index (χ4n) is 1.04. The number of halogens is 2. The smallest absolute Gasteiger partial charge is 0.133 e. The molecule has 0 aliphatic carbocycles. The first kappa shape index (κ1) is 9.90. The summed E-state index contributed by atoms with van der Waals surface area (Å²) < 4.78 is 26.0. The van der Waals surface area contributed by atoms with Crippen molar-refractivity contribution in [1.29, 1.82) is 0 Å². The van der Waals surface area contributed by atoms with Gasteiger partial charge in [-0.3, -0.25) is 0 Å². The minimum Gasteiger partial charge on any atom is -0.206 e. The van der Waals surface area contributed by atoms with Crippen molar-refractivity contribution in [3.05, 3.63) is 41.5 Å². The summed E-state index contributed by atoms with van der Waals surface area (Å²) in [5, 5.41) is 0. The highest BCUT2D eigenvalue weighted by Gasteiger charge is 2.02. The zero-order valence-electron chi connectivity index (χ0n) is 7.56. The van der Waals surface area contributed by atoms with Gasteiger partial charge in [0.2, 0.25) is 0 Å². The molecule has 0 atom stereocenters. The van der Waals surface area contributed by atoms with E-state index in [1.165, 1.54) is 24.3 Å². The first-order chi connectivity index (χ1) is 6.25. The SMILES string of the molecule is CCC/C=C/c1c(F)cccc1F. The second-order valence-corrected chi connectivity index (χ2v) is 2.83. The summed E-state index contributed by atoms with van der Waals surface area (Å²) in [6, 6.07) is 3.88. The lowest BCUT2D eigenvalue weighted by Gasteiger charge is -1.97. The lowest BCUT2D eigenvalue weighted by molar-refractivity contribution is 0.578. The third-order valence-corrected chi connectivity index (χ3v) is 1.74. The van der Waals surface area contributed by atoms with E-state index in [2.05, 4.69) is 0 Å². The molecule has 0 fully saturated rings. The first-order valence-electron chi connectivity index (χ1n) is 4.36. The summed E-state index contributed by atoms with van der Waals surface area (Å²) >= 11 is 0. The molecule has 2 heteroatoms. The molecule has 70 valence electrons. The standard InChI is InChI=1S/C11H12F2/c1-2-3-4-6-9-10(12)7-5-8-11(9)13/h4-8H,2-3H2,1H3/b6-4+. The maximum absolute atomic E-state index is 13.0. The lowest BCUT2D eigenvalue weighted by Crippen LogP contribution is -1.86. The average molecular weight is 182 g/mol. The highest BCUT2D eigenvalue weighted by molar-refractivity contribution is 5.50. The maximum atomic E-state index is 13.0. The highest BCUT2D eigenvalue weighted by Crippen LogP contribution is 2.13. The van der Waals surface area contributed by atoms with Gasteiger partial charge in [0, 0.05) is 5.56 Å². The third-order valence-electron chi connectivity index (χ3n) is 1.74. The van der Waals surface area contributed by atoms with Crippen LogP contribution in [0, 0.1) is 11.6 Å². The molecule has 0 aliphatic heterocycles. The number of hydrogen-bond acceptors (Lipinski definition) is 0. The van der Waals surface area contributed by atoms with Gasteiger partial charge in [0.15, 0.2) is 0 Å². The molecule has 1 aromatic carbocycles. The normalized spacial score (nSPS) is 11.0. The van der Waals surface area contributed by atoms with Gasteiger partial charge >= 0.3 is 0 Å². The quantitative estimate of drug-likeness (QED) is 0.667. The Morgan fingerprint density at radius 3 is 2.38 bits per heavy atom. The minimum absolute atomic E-state index is 0.0518. The Bertz CT molecular complexity index is 283. The maximum Gasteiger partial charge on any atom is 0.133 e. The van der Waals surface area contributed by atoms with Gasteiger partial charge < -0.3 is 0 Å². The van der Waals surface area contributed by atoms with Gasteiger partial charge in [-0.05, 0) is 18.6 Å². The van der Waals surface area contributed by atoms with Crippen molar-refractivity contribution in [2.45, 2.75) is 19.8 Å². The van der Waals surface area contributed by atoms with Crippen LogP contribution in [-0.4, -0.2) is 0 Å². The summed E-state index contributed by atoms with van der Waals surface area (Å²) in [5.74, 6) is -1.01. The van der Waals surface area contributed by atoms with Gasteiger partial charge in [-0.1, -0.05) is 31.6 Å². The largest absolute Gasteiger partial charge is 0.206 e. The second-order valence-electron chi connectivity index (χ2n) is 2.83. The molecule has 0 spiro atoms. The summed E-state index contributed by atoms with van der Waals surface area (Å²) in [5.41, 5.74) is 0.0518. The molecule has 0 bridgehead atoms. The topological polar surface area (TPSA) is 0 Å². The summed E-state index contributed by atoms with van der Waals surface area (Å²) in [6.45, 7) is 2.02. The van der Waals surface area contributed by atoms with Crippen molar-refractivity contribution in [3.63, 3.8) is 0 Å². The van der Waals surface area contributed by atoms with Crippen LogP contribution >= 0.6 is 0 Å². The first-order valence-corrected chi connectivity index (χ1v) is 4.36. The van der Waals surface area contributed by atoms with Crippen LogP contribution in [0.5, 0.6) is 0 Å². The van der Waals surface area contributed by atoms with E-state index in [9.17, 15) is 8.78 Å². The Labute approximate surface area is 76.9 Å². The molecule has 0 N–H and O–H groups in total. The number of unbranched alkanes of at least 4 members (excludes halogenated alkanes) is 1. The summed E-state index contributed by atoms with van der Waals surface area (Å²) in [4.78, 5) is 0. The molecular weight excluding hydrogens is 170 g/mol. The van der Waals surface area contributed by atoms with Gasteiger partial charge in [0.05, 0.1) is 0 Å². The third kappa shape index (κ3) is 2.65. The van der Waals surface area contributed by atoms with E-state index in [-0.39, 0.29) is 5.56 Å². The van der Waals surface area contributed by atoms with Crippen LogP contribution in [0.1, 0.15) is 25.3 Å². The molecule has 0 amide bonds. The van der Waals surface area contributed by atoms with E-state index in [4.69, 9.17) is 0 Å². The van der Waals surface area contributed by atoms with E-state index >= 15 is 0 Å². The Balaban J connectivity index is 2.87. The van der Waals surface area contributed by atoms with Gasteiger partial charge in [-0.25, -0.2) is 8.78 Å². The highest BCUT2D eigenvalue weighted by atomic mass is 19.1. The molecular formula is C11H12F2. The Morgan fingerprint density at radius 2 is 1.85 bits per heavy atom. The van der Waals surface area contributed by atoms with E-state index in [1.54, 1.807) is 6.08 Å². The van der Waals surface area contributed by atoms with E-state index in [0.29, 0.717) is 0 Å². The molecule has 1 aromatic rings. The van der Waals surface area contributed by atoms with Crippen molar-refractivity contribution in [1.82, 2.24) is 0 Å². The predicted molar refractivity (Wildman–Crippen MR) is 50.3 cm³/mol. The van der Waals surface area contributed by atoms with Crippen LogP contribution in [0.2, 0.25) is 0 Å². The minimum atomic E-state index is -0.507. The zero-order valence-corrected chi connectivity index (χ0v) is 7.56. The molecule has 0 radical (unpaired) electrons.